The van der Waals surface area contributed by atoms with E-state index in [1.807, 2.05) is 0 Å². The second-order valence-corrected chi connectivity index (χ2v) is 5.82. The summed E-state index contributed by atoms with van der Waals surface area (Å²) in [5, 5.41) is 12.1. The third kappa shape index (κ3) is 3.57. The highest BCUT2D eigenvalue weighted by Gasteiger charge is 2.27. The molecule has 0 saturated heterocycles. The highest BCUT2D eigenvalue weighted by molar-refractivity contribution is 8.13. The van der Waals surface area contributed by atoms with Gasteiger partial charge >= 0.3 is 6.43 Å². The van der Waals surface area contributed by atoms with E-state index >= 15 is 0 Å². The van der Waals surface area contributed by atoms with E-state index in [-0.39, 0.29) is 12.1 Å². The summed E-state index contributed by atoms with van der Waals surface area (Å²) >= 11 is 0. The van der Waals surface area contributed by atoms with Crippen LogP contribution in [0.15, 0.2) is 17.0 Å². The van der Waals surface area contributed by atoms with Crippen LogP contribution in [0, 0.1) is 15.9 Å². The van der Waals surface area contributed by atoms with Crippen LogP contribution in [0.4, 0.5) is 24.5 Å². The van der Waals surface area contributed by atoms with Crippen molar-refractivity contribution in [3.8, 4) is 0 Å². The van der Waals surface area contributed by atoms with Gasteiger partial charge in [0.1, 0.15) is 16.4 Å². The third-order valence-electron chi connectivity index (χ3n) is 1.97. The Kier molecular flexibility index (Phi) is 4.55. The second-order valence-electron chi connectivity index (χ2n) is 3.28. The van der Waals surface area contributed by atoms with Crippen molar-refractivity contribution in [3.05, 3.63) is 28.1 Å². The Bertz CT molecular complexity index is 679. The molecule has 0 unspecified atom stereocenters. The van der Waals surface area contributed by atoms with Crippen LogP contribution in [-0.4, -0.2) is 25.7 Å². The molecule has 1 amide bonds. The summed E-state index contributed by atoms with van der Waals surface area (Å²) in [6.07, 6.45) is -3.49. The van der Waals surface area contributed by atoms with Crippen LogP contribution in [0.1, 0.15) is 0 Å². The Hall–Kier alpha value is -1.88. The molecule has 0 heterocycles. The Labute approximate surface area is 113 Å². The van der Waals surface area contributed by atoms with E-state index in [0.29, 0.717) is 0 Å². The Morgan fingerprint density at radius 3 is 2.35 bits per heavy atom. The second kappa shape index (κ2) is 5.63. The molecule has 110 valence electrons. The summed E-state index contributed by atoms with van der Waals surface area (Å²) in [7, 11) is 0.232. The van der Waals surface area contributed by atoms with Gasteiger partial charge < -0.3 is 5.32 Å². The topological polar surface area (TPSA) is 106 Å². The molecular weight excluding hydrogens is 329 g/mol. The standard InChI is InChI=1S/C8H4ClF3N2O5S/c9-20(18,19)6-2-5(14(16)17)4(1-3(6)10)13-8(15)7(11)12/h1-2,7H,(H,13,15). The highest BCUT2D eigenvalue weighted by atomic mass is 35.7. The first kappa shape index (κ1) is 16.2. The molecule has 7 nitrogen and oxygen atoms in total. The number of rotatable bonds is 4. The molecule has 1 aromatic carbocycles. The lowest BCUT2D eigenvalue weighted by Crippen LogP contribution is -2.21. The van der Waals surface area contributed by atoms with E-state index in [9.17, 15) is 36.5 Å². The minimum Gasteiger partial charge on any atom is -0.315 e. The van der Waals surface area contributed by atoms with Crippen molar-refractivity contribution in [2.24, 2.45) is 0 Å². The smallest absolute Gasteiger partial charge is 0.315 e. The van der Waals surface area contributed by atoms with Crippen molar-refractivity contribution in [1.29, 1.82) is 0 Å². The van der Waals surface area contributed by atoms with E-state index in [2.05, 4.69) is 0 Å². The number of nitro benzene ring substituents is 1. The van der Waals surface area contributed by atoms with Crippen LogP contribution in [-0.2, 0) is 13.8 Å². The maximum absolute atomic E-state index is 13.4. The number of nitrogens with zero attached hydrogens (tertiary/aromatic N) is 1. The van der Waals surface area contributed by atoms with E-state index in [1.165, 1.54) is 5.32 Å². The zero-order valence-electron chi connectivity index (χ0n) is 9.14. The minimum absolute atomic E-state index is 0.216. The maximum atomic E-state index is 13.4. The van der Waals surface area contributed by atoms with E-state index < -0.39 is 48.4 Å². The lowest BCUT2D eigenvalue weighted by atomic mass is 10.2. The van der Waals surface area contributed by atoms with Gasteiger partial charge in [0.15, 0.2) is 0 Å². The monoisotopic (exact) mass is 332 g/mol. The van der Waals surface area contributed by atoms with Gasteiger partial charge in [-0.25, -0.2) is 12.8 Å². The molecule has 0 aliphatic heterocycles. The first-order chi connectivity index (χ1) is 9.04. The zero-order valence-corrected chi connectivity index (χ0v) is 10.7. The number of benzene rings is 1. The predicted octanol–water partition coefficient (Wildman–Crippen LogP) is 1.86. The summed E-state index contributed by atoms with van der Waals surface area (Å²) in [6.45, 7) is 0. The molecule has 12 heteroatoms. The van der Waals surface area contributed by atoms with Crippen molar-refractivity contribution < 1.29 is 31.3 Å². The molecule has 0 aromatic heterocycles. The van der Waals surface area contributed by atoms with E-state index in [1.54, 1.807) is 0 Å². The molecule has 0 atom stereocenters. The third-order valence-corrected chi connectivity index (χ3v) is 3.30. The van der Waals surface area contributed by atoms with Gasteiger partial charge in [0.25, 0.3) is 20.6 Å². The number of amides is 1. The molecule has 1 rings (SSSR count). The number of hydrogen-bond donors (Lipinski definition) is 1. The van der Waals surface area contributed by atoms with Crippen LogP contribution in [0.2, 0.25) is 0 Å². The minimum atomic E-state index is -4.62. The molecule has 1 N–H and O–H groups in total. The van der Waals surface area contributed by atoms with Crippen LogP contribution < -0.4 is 5.32 Å². The van der Waals surface area contributed by atoms with Crippen molar-refractivity contribution in [2.75, 3.05) is 5.32 Å². The van der Waals surface area contributed by atoms with Crippen molar-refractivity contribution >= 4 is 37.0 Å². The number of hydrogen-bond acceptors (Lipinski definition) is 5. The van der Waals surface area contributed by atoms with Gasteiger partial charge in [0, 0.05) is 22.8 Å². The number of carbonyl (C=O) groups is 1. The number of alkyl halides is 2. The van der Waals surface area contributed by atoms with Crippen molar-refractivity contribution in [1.82, 2.24) is 0 Å². The fraction of sp³-hybridized carbons (Fsp3) is 0.125. The largest absolute Gasteiger partial charge is 0.315 e. The van der Waals surface area contributed by atoms with Gasteiger partial charge in [-0.15, -0.1) is 0 Å². The normalized spacial score (nSPS) is 11.4. The molecule has 0 aliphatic carbocycles. The number of anilines is 1. The van der Waals surface area contributed by atoms with Gasteiger partial charge in [-0.05, 0) is 0 Å². The van der Waals surface area contributed by atoms with Gasteiger partial charge in [-0.2, -0.15) is 8.78 Å². The molecule has 0 radical (unpaired) electrons. The van der Waals surface area contributed by atoms with E-state index in [0.717, 1.165) is 0 Å². The molecule has 1 aromatic rings. The van der Waals surface area contributed by atoms with Gasteiger partial charge in [0.2, 0.25) is 0 Å². The number of carbonyl (C=O) groups excluding carboxylic acids is 1. The number of halogens is 4. The molecule has 0 fully saturated rings. The first-order valence-corrected chi connectivity index (χ1v) is 6.86. The summed E-state index contributed by atoms with van der Waals surface area (Å²) in [6, 6.07) is 0.437. The lowest BCUT2D eigenvalue weighted by Gasteiger charge is -2.07. The fourth-order valence-corrected chi connectivity index (χ4v) is 2.07. The quantitative estimate of drug-likeness (QED) is 0.514. The highest BCUT2D eigenvalue weighted by Crippen LogP contribution is 2.31. The van der Waals surface area contributed by atoms with Crippen molar-refractivity contribution in [2.45, 2.75) is 11.3 Å². The summed E-state index contributed by atoms with van der Waals surface area (Å²) in [5.74, 6) is -3.44. The molecule has 0 bridgehead atoms. The summed E-state index contributed by atoms with van der Waals surface area (Å²) < 4.78 is 59.4. The van der Waals surface area contributed by atoms with Crippen LogP contribution in [0.5, 0.6) is 0 Å². The maximum Gasteiger partial charge on any atom is 0.315 e. The lowest BCUT2D eigenvalue weighted by molar-refractivity contribution is -0.384. The van der Waals surface area contributed by atoms with Crippen LogP contribution >= 0.6 is 10.7 Å². The summed E-state index contributed by atoms with van der Waals surface area (Å²) in [4.78, 5) is 19.0. The Morgan fingerprint density at radius 1 is 1.40 bits per heavy atom. The Morgan fingerprint density at radius 2 is 1.95 bits per heavy atom. The van der Waals surface area contributed by atoms with Crippen LogP contribution in [0.25, 0.3) is 0 Å². The SMILES string of the molecule is O=C(Nc1cc(F)c(S(=O)(=O)Cl)cc1[N+](=O)[O-])C(F)F. The number of nitro groups is 1. The summed E-state index contributed by atoms with van der Waals surface area (Å²) in [5.41, 5.74) is -2.01. The average Bonchev–Trinajstić information content (AvgIpc) is 2.26. The fourth-order valence-electron chi connectivity index (χ4n) is 1.17. The molecule has 0 saturated carbocycles. The predicted molar refractivity (Wildman–Crippen MR) is 60.7 cm³/mol. The van der Waals surface area contributed by atoms with Gasteiger partial charge in [-0.3, -0.25) is 14.9 Å². The Balaban J connectivity index is 3.43. The van der Waals surface area contributed by atoms with E-state index in [4.69, 9.17) is 10.7 Å². The van der Waals surface area contributed by atoms with Crippen LogP contribution in [0.3, 0.4) is 0 Å². The van der Waals surface area contributed by atoms with Gasteiger partial charge in [-0.1, -0.05) is 0 Å². The molecule has 20 heavy (non-hydrogen) atoms. The van der Waals surface area contributed by atoms with Crippen molar-refractivity contribution in [3.63, 3.8) is 0 Å². The zero-order chi connectivity index (χ0) is 15.7. The molecule has 0 aliphatic rings. The average molecular weight is 333 g/mol. The molecule has 0 spiro atoms. The number of nitrogens with one attached hydrogen (secondary N) is 1. The van der Waals surface area contributed by atoms with Gasteiger partial charge in [0.05, 0.1) is 4.92 Å². The molecular formula is C8H4ClF3N2O5S. The first-order valence-electron chi connectivity index (χ1n) is 4.55.